The van der Waals surface area contributed by atoms with Crippen molar-refractivity contribution in [3.63, 3.8) is 0 Å². The first-order valence-corrected chi connectivity index (χ1v) is 8.61. The lowest BCUT2D eigenvalue weighted by molar-refractivity contribution is 0.0446. The maximum Gasteiger partial charge on any atom is 0.107 e. The van der Waals surface area contributed by atoms with E-state index in [4.69, 9.17) is 16.3 Å². The molecule has 1 aromatic carbocycles. The van der Waals surface area contributed by atoms with Crippen LogP contribution >= 0.6 is 23.4 Å². The Hall–Kier alpha value is -0.970. The minimum atomic E-state index is 0.146. The first kappa shape index (κ1) is 13.7. The van der Waals surface area contributed by atoms with Crippen molar-refractivity contribution >= 4 is 23.4 Å². The van der Waals surface area contributed by atoms with Gasteiger partial charge in [-0.05, 0) is 36.5 Å². The standard InChI is InChI=1S/C16H17ClN2OS/c17-11-3-4-12-13(7-11)21-14(8-15-18-5-6-19-15)16(12)20-9-10-1-2-10/h3-7,10,14,16H,1-2,8-9H2,(H,18,19)/t14-,16-/m0/s1. The lowest BCUT2D eigenvalue weighted by Gasteiger charge is -2.19. The molecule has 1 aliphatic carbocycles. The van der Waals surface area contributed by atoms with Crippen LogP contribution in [-0.4, -0.2) is 21.8 Å². The average Bonchev–Trinajstić information content (AvgIpc) is 3.04. The number of aromatic amines is 1. The molecule has 3 nitrogen and oxygen atoms in total. The predicted molar refractivity (Wildman–Crippen MR) is 84.8 cm³/mol. The van der Waals surface area contributed by atoms with Crippen LogP contribution in [0.4, 0.5) is 0 Å². The fourth-order valence-electron chi connectivity index (χ4n) is 2.74. The molecule has 1 N–H and O–H groups in total. The Balaban J connectivity index is 1.56. The van der Waals surface area contributed by atoms with Gasteiger partial charge in [0.1, 0.15) is 5.82 Å². The van der Waals surface area contributed by atoms with Gasteiger partial charge in [0.2, 0.25) is 0 Å². The molecule has 2 aliphatic rings. The smallest absolute Gasteiger partial charge is 0.107 e. The summed E-state index contributed by atoms with van der Waals surface area (Å²) in [5, 5.41) is 1.16. The van der Waals surface area contributed by atoms with Gasteiger partial charge in [-0.15, -0.1) is 11.8 Å². The Labute approximate surface area is 133 Å². The highest BCUT2D eigenvalue weighted by Gasteiger charge is 2.36. The van der Waals surface area contributed by atoms with Crippen LogP contribution in [0.2, 0.25) is 5.02 Å². The molecule has 1 saturated carbocycles. The Kier molecular flexibility index (Phi) is 3.69. The molecule has 0 amide bonds. The minimum absolute atomic E-state index is 0.146. The molecule has 2 atom stereocenters. The van der Waals surface area contributed by atoms with Gasteiger partial charge in [0.05, 0.1) is 12.7 Å². The van der Waals surface area contributed by atoms with E-state index in [1.165, 1.54) is 23.3 Å². The highest BCUT2D eigenvalue weighted by atomic mass is 35.5. The second-order valence-corrected chi connectivity index (χ2v) is 7.49. The maximum absolute atomic E-state index is 6.25. The molecular formula is C16H17ClN2OS. The van der Waals surface area contributed by atoms with Gasteiger partial charge in [0.15, 0.2) is 0 Å². The fourth-order valence-corrected chi connectivity index (χ4v) is 4.41. The summed E-state index contributed by atoms with van der Waals surface area (Å²) in [4.78, 5) is 8.80. The average molecular weight is 321 g/mol. The number of benzene rings is 1. The molecular weight excluding hydrogens is 304 g/mol. The van der Waals surface area contributed by atoms with Gasteiger partial charge in [-0.2, -0.15) is 0 Å². The van der Waals surface area contributed by atoms with Crippen molar-refractivity contribution in [3.05, 3.63) is 47.0 Å². The number of thioether (sulfide) groups is 1. The van der Waals surface area contributed by atoms with Gasteiger partial charge in [-0.1, -0.05) is 17.7 Å². The highest BCUT2D eigenvalue weighted by molar-refractivity contribution is 8.00. The van der Waals surface area contributed by atoms with E-state index in [1.807, 2.05) is 24.0 Å². The number of fused-ring (bicyclic) bond motifs is 1. The number of ether oxygens (including phenoxy) is 1. The number of halogens is 1. The number of H-pyrrole nitrogens is 1. The number of imidazole rings is 1. The van der Waals surface area contributed by atoms with Crippen LogP contribution in [0.5, 0.6) is 0 Å². The third-order valence-electron chi connectivity index (χ3n) is 4.06. The van der Waals surface area contributed by atoms with E-state index in [1.54, 1.807) is 6.20 Å². The first-order valence-electron chi connectivity index (χ1n) is 7.35. The van der Waals surface area contributed by atoms with Crippen molar-refractivity contribution in [2.75, 3.05) is 6.61 Å². The largest absolute Gasteiger partial charge is 0.372 e. The molecule has 0 bridgehead atoms. The van der Waals surface area contributed by atoms with E-state index in [2.05, 4.69) is 22.1 Å². The van der Waals surface area contributed by atoms with Gasteiger partial charge >= 0.3 is 0 Å². The van der Waals surface area contributed by atoms with Gasteiger partial charge in [0.25, 0.3) is 0 Å². The molecule has 2 heterocycles. The van der Waals surface area contributed by atoms with Crippen molar-refractivity contribution < 1.29 is 4.74 Å². The number of rotatable bonds is 5. The van der Waals surface area contributed by atoms with Crippen molar-refractivity contribution in [3.8, 4) is 0 Å². The Morgan fingerprint density at radius 2 is 2.29 bits per heavy atom. The van der Waals surface area contributed by atoms with E-state index >= 15 is 0 Å². The van der Waals surface area contributed by atoms with Gasteiger partial charge < -0.3 is 9.72 Å². The highest BCUT2D eigenvalue weighted by Crippen LogP contribution is 2.48. The number of hydrogen-bond donors (Lipinski definition) is 1. The monoisotopic (exact) mass is 320 g/mol. The van der Waals surface area contributed by atoms with Crippen LogP contribution in [-0.2, 0) is 11.2 Å². The third kappa shape index (κ3) is 2.98. The molecule has 2 aromatic rings. The van der Waals surface area contributed by atoms with E-state index in [-0.39, 0.29) is 6.10 Å². The Bertz CT molecular complexity index is 627. The Morgan fingerprint density at radius 1 is 1.38 bits per heavy atom. The maximum atomic E-state index is 6.25. The van der Waals surface area contributed by atoms with Crippen LogP contribution in [0.3, 0.4) is 0 Å². The zero-order valence-corrected chi connectivity index (χ0v) is 13.2. The molecule has 1 aromatic heterocycles. The lowest BCUT2D eigenvalue weighted by Crippen LogP contribution is -2.18. The fraction of sp³-hybridized carbons (Fsp3) is 0.438. The summed E-state index contributed by atoms with van der Waals surface area (Å²) < 4.78 is 6.25. The summed E-state index contributed by atoms with van der Waals surface area (Å²) in [6, 6.07) is 6.13. The van der Waals surface area contributed by atoms with E-state index in [0.29, 0.717) is 5.25 Å². The molecule has 1 aliphatic heterocycles. The van der Waals surface area contributed by atoms with Gasteiger partial charge in [-0.3, -0.25) is 0 Å². The molecule has 5 heteroatoms. The summed E-state index contributed by atoms with van der Waals surface area (Å²) in [6.07, 6.45) is 7.34. The van der Waals surface area contributed by atoms with Crippen molar-refractivity contribution in [2.24, 2.45) is 5.92 Å². The van der Waals surface area contributed by atoms with Crippen LogP contribution in [0.15, 0.2) is 35.5 Å². The third-order valence-corrected chi connectivity index (χ3v) is 5.62. The normalized spacial score (nSPS) is 24.2. The second kappa shape index (κ2) is 5.67. The summed E-state index contributed by atoms with van der Waals surface area (Å²) in [5.41, 5.74) is 1.28. The molecule has 4 rings (SSSR count). The van der Waals surface area contributed by atoms with Crippen LogP contribution < -0.4 is 0 Å². The predicted octanol–water partition coefficient (Wildman–Crippen LogP) is 4.25. The van der Waals surface area contributed by atoms with E-state index < -0.39 is 0 Å². The summed E-state index contributed by atoms with van der Waals surface area (Å²) in [5.74, 6) is 1.79. The van der Waals surface area contributed by atoms with Crippen molar-refractivity contribution in [1.82, 2.24) is 9.97 Å². The van der Waals surface area contributed by atoms with Crippen LogP contribution in [0.25, 0.3) is 0 Å². The first-order chi connectivity index (χ1) is 10.3. The zero-order valence-electron chi connectivity index (χ0n) is 11.6. The number of hydrogen-bond acceptors (Lipinski definition) is 3. The van der Waals surface area contributed by atoms with Crippen molar-refractivity contribution in [1.29, 1.82) is 0 Å². The van der Waals surface area contributed by atoms with Crippen molar-refractivity contribution in [2.45, 2.75) is 35.5 Å². The van der Waals surface area contributed by atoms with Gasteiger partial charge in [-0.25, -0.2) is 4.98 Å². The summed E-state index contributed by atoms with van der Waals surface area (Å²) >= 11 is 7.99. The van der Waals surface area contributed by atoms with E-state index in [9.17, 15) is 0 Å². The molecule has 110 valence electrons. The minimum Gasteiger partial charge on any atom is -0.372 e. The Morgan fingerprint density at radius 3 is 3.05 bits per heavy atom. The molecule has 0 saturated heterocycles. The number of nitrogens with one attached hydrogen (secondary N) is 1. The molecule has 0 spiro atoms. The summed E-state index contributed by atoms with van der Waals surface area (Å²) in [7, 11) is 0. The molecule has 0 unspecified atom stereocenters. The molecule has 1 fully saturated rings. The SMILES string of the molecule is Clc1ccc2c(c1)S[C@@H](Cc1ncc[nH]1)[C@H]2OCC1CC1. The lowest BCUT2D eigenvalue weighted by atomic mass is 10.0. The quantitative estimate of drug-likeness (QED) is 0.895. The number of nitrogens with zero attached hydrogens (tertiary/aromatic N) is 1. The molecule has 21 heavy (non-hydrogen) atoms. The molecule has 0 radical (unpaired) electrons. The topological polar surface area (TPSA) is 37.9 Å². The van der Waals surface area contributed by atoms with Crippen LogP contribution in [0.1, 0.15) is 30.3 Å². The second-order valence-electron chi connectivity index (χ2n) is 5.78. The summed E-state index contributed by atoms with van der Waals surface area (Å²) in [6.45, 7) is 0.877. The van der Waals surface area contributed by atoms with Crippen LogP contribution in [0, 0.1) is 5.92 Å². The zero-order chi connectivity index (χ0) is 14.2. The number of aromatic nitrogens is 2. The van der Waals surface area contributed by atoms with E-state index in [0.717, 1.165) is 29.8 Å². The van der Waals surface area contributed by atoms with Gasteiger partial charge in [0, 0.05) is 34.0 Å².